The van der Waals surface area contributed by atoms with Crippen LogP contribution in [0.1, 0.15) is 11.4 Å². The fourth-order valence-electron chi connectivity index (χ4n) is 1.63. The predicted molar refractivity (Wildman–Crippen MR) is 63.6 cm³/mol. The maximum absolute atomic E-state index is 4.47. The fraction of sp³-hybridized carbons (Fsp3) is 0.182. The highest BCUT2D eigenvalue weighted by Gasteiger charge is 2.09. The van der Waals surface area contributed by atoms with Gasteiger partial charge in [0.1, 0.15) is 0 Å². The largest absolute Gasteiger partial charge is 0.238 e. The molecule has 80 valence electrons. The molecule has 0 fully saturated rings. The minimum Gasteiger partial charge on any atom is -0.238 e. The summed E-state index contributed by atoms with van der Waals surface area (Å²) in [7, 11) is 0. The number of aromatic nitrogens is 4. The van der Waals surface area contributed by atoms with Crippen molar-refractivity contribution in [1.29, 1.82) is 0 Å². The van der Waals surface area contributed by atoms with Gasteiger partial charge >= 0.3 is 0 Å². The lowest BCUT2D eigenvalue weighted by molar-refractivity contribution is 0.895. The van der Waals surface area contributed by atoms with E-state index in [1.807, 2.05) is 42.1 Å². The Bertz CT molecular complexity index is 653. The summed E-state index contributed by atoms with van der Waals surface area (Å²) in [6, 6.07) is 3.97. The summed E-state index contributed by atoms with van der Waals surface area (Å²) in [5.74, 6) is 0.694. The van der Waals surface area contributed by atoms with E-state index >= 15 is 0 Å². The third-order valence-electron chi connectivity index (χ3n) is 2.39. The van der Waals surface area contributed by atoms with Crippen LogP contribution in [0.15, 0.2) is 23.7 Å². The van der Waals surface area contributed by atoms with Crippen molar-refractivity contribution >= 4 is 16.9 Å². The number of hydrogen-bond acceptors (Lipinski definition) is 4. The molecule has 3 aromatic heterocycles. The molecule has 0 bridgehead atoms. The van der Waals surface area contributed by atoms with Crippen molar-refractivity contribution in [2.24, 2.45) is 0 Å². The summed E-state index contributed by atoms with van der Waals surface area (Å²) in [5, 5.41) is 7.31. The molecule has 5 heteroatoms. The van der Waals surface area contributed by atoms with Crippen LogP contribution in [0, 0.1) is 13.8 Å². The molecular formula is C11H10N4S. The third-order valence-corrected chi connectivity index (χ3v) is 3.34. The summed E-state index contributed by atoms with van der Waals surface area (Å²) in [6.45, 7) is 3.96. The second-order valence-electron chi connectivity index (χ2n) is 3.65. The zero-order chi connectivity index (χ0) is 11.1. The SMILES string of the molecule is Cc1csc(-c2nc(C)c3cccn3n2)n1. The highest BCUT2D eigenvalue weighted by molar-refractivity contribution is 7.13. The van der Waals surface area contributed by atoms with Gasteiger partial charge in [-0.15, -0.1) is 16.4 Å². The van der Waals surface area contributed by atoms with Gasteiger partial charge in [0.25, 0.3) is 0 Å². The highest BCUT2D eigenvalue weighted by atomic mass is 32.1. The summed E-state index contributed by atoms with van der Waals surface area (Å²) in [4.78, 5) is 8.87. The van der Waals surface area contributed by atoms with Crippen LogP contribution < -0.4 is 0 Å². The number of rotatable bonds is 1. The van der Waals surface area contributed by atoms with Crippen LogP contribution in [0.25, 0.3) is 16.3 Å². The van der Waals surface area contributed by atoms with E-state index in [1.54, 1.807) is 11.3 Å². The van der Waals surface area contributed by atoms with E-state index in [1.165, 1.54) is 0 Å². The Morgan fingerprint density at radius 3 is 2.88 bits per heavy atom. The average molecular weight is 230 g/mol. The van der Waals surface area contributed by atoms with Crippen LogP contribution in [0.5, 0.6) is 0 Å². The molecule has 0 aliphatic rings. The van der Waals surface area contributed by atoms with E-state index in [-0.39, 0.29) is 0 Å². The molecule has 0 saturated carbocycles. The number of hydrogen-bond donors (Lipinski definition) is 0. The molecule has 0 aliphatic carbocycles. The van der Waals surface area contributed by atoms with Gasteiger partial charge in [0.05, 0.1) is 11.2 Å². The Labute approximate surface area is 96.6 Å². The second kappa shape index (κ2) is 3.38. The Morgan fingerprint density at radius 1 is 1.25 bits per heavy atom. The molecule has 3 rings (SSSR count). The van der Waals surface area contributed by atoms with Crippen molar-refractivity contribution in [2.75, 3.05) is 0 Å². The van der Waals surface area contributed by atoms with E-state index in [0.717, 1.165) is 21.9 Å². The van der Waals surface area contributed by atoms with Gasteiger partial charge in [0, 0.05) is 17.3 Å². The van der Waals surface area contributed by atoms with Crippen molar-refractivity contribution in [3.8, 4) is 10.8 Å². The van der Waals surface area contributed by atoms with Crippen LogP contribution in [-0.4, -0.2) is 19.6 Å². The molecule has 16 heavy (non-hydrogen) atoms. The smallest absolute Gasteiger partial charge is 0.209 e. The van der Waals surface area contributed by atoms with Gasteiger partial charge < -0.3 is 0 Å². The number of thiazole rings is 1. The van der Waals surface area contributed by atoms with Gasteiger partial charge in [-0.25, -0.2) is 14.5 Å². The fourth-order valence-corrected chi connectivity index (χ4v) is 2.36. The molecule has 0 amide bonds. The zero-order valence-corrected chi connectivity index (χ0v) is 9.82. The molecule has 0 spiro atoms. The molecule has 3 aromatic rings. The molecule has 0 saturated heterocycles. The van der Waals surface area contributed by atoms with Crippen molar-refractivity contribution < 1.29 is 0 Å². The van der Waals surface area contributed by atoms with Crippen LogP contribution >= 0.6 is 11.3 Å². The maximum atomic E-state index is 4.47. The number of aryl methyl sites for hydroxylation is 2. The van der Waals surface area contributed by atoms with Crippen LogP contribution in [-0.2, 0) is 0 Å². The van der Waals surface area contributed by atoms with Gasteiger partial charge in [-0.2, -0.15) is 0 Å². The van der Waals surface area contributed by atoms with Crippen molar-refractivity contribution in [3.05, 3.63) is 35.1 Å². The topological polar surface area (TPSA) is 43.1 Å². The molecule has 0 atom stereocenters. The molecule has 3 heterocycles. The monoisotopic (exact) mass is 230 g/mol. The number of nitrogens with zero attached hydrogens (tertiary/aromatic N) is 4. The molecule has 0 N–H and O–H groups in total. The van der Waals surface area contributed by atoms with Crippen LogP contribution in [0.3, 0.4) is 0 Å². The standard InChI is InChI=1S/C11H10N4S/c1-7-6-16-11(12-7)10-13-8(2)9-4-3-5-15(9)14-10/h3-6H,1-2H3. The Morgan fingerprint density at radius 2 is 2.12 bits per heavy atom. The van der Waals surface area contributed by atoms with Gasteiger partial charge in [-0.1, -0.05) is 0 Å². The van der Waals surface area contributed by atoms with Crippen molar-refractivity contribution in [1.82, 2.24) is 19.6 Å². The average Bonchev–Trinajstić information content (AvgIpc) is 2.85. The van der Waals surface area contributed by atoms with Crippen molar-refractivity contribution in [2.45, 2.75) is 13.8 Å². The van der Waals surface area contributed by atoms with Crippen LogP contribution in [0.2, 0.25) is 0 Å². The Hall–Kier alpha value is -1.75. The molecule has 0 radical (unpaired) electrons. The lowest BCUT2D eigenvalue weighted by atomic mass is 10.4. The van der Waals surface area contributed by atoms with E-state index in [0.29, 0.717) is 5.82 Å². The zero-order valence-electron chi connectivity index (χ0n) is 9.01. The molecular weight excluding hydrogens is 220 g/mol. The van der Waals surface area contributed by atoms with Gasteiger partial charge in [0.15, 0.2) is 5.01 Å². The molecule has 0 aromatic carbocycles. The number of fused-ring (bicyclic) bond motifs is 1. The summed E-state index contributed by atoms with van der Waals surface area (Å²) in [6.07, 6.45) is 1.92. The highest BCUT2D eigenvalue weighted by Crippen LogP contribution is 2.20. The van der Waals surface area contributed by atoms with Gasteiger partial charge in [0.2, 0.25) is 5.82 Å². The predicted octanol–water partition coefficient (Wildman–Crippen LogP) is 2.47. The maximum Gasteiger partial charge on any atom is 0.209 e. The normalized spacial score (nSPS) is 11.1. The van der Waals surface area contributed by atoms with Crippen LogP contribution in [0.4, 0.5) is 0 Å². The minimum absolute atomic E-state index is 0.694. The van der Waals surface area contributed by atoms with E-state index in [4.69, 9.17) is 0 Å². The lowest BCUT2D eigenvalue weighted by Gasteiger charge is -2.00. The minimum atomic E-state index is 0.694. The Balaban J connectivity index is 2.24. The molecule has 0 unspecified atom stereocenters. The lowest BCUT2D eigenvalue weighted by Crippen LogP contribution is -1.99. The van der Waals surface area contributed by atoms with E-state index in [2.05, 4.69) is 15.1 Å². The second-order valence-corrected chi connectivity index (χ2v) is 4.51. The van der Waals surface area contributed by atoms with E-state index < -0.39 is 0 Å². The van der Waals surface area contributed by atoms with Gasteiger partial charge in [-0.05, 0) is 26.0 Å². The molecule has 4 nitrogen and oxygen atoms in total. The Kier molecular flexibility index (Phi) is 2.00. The first-order chi connectivity index (χ1) is 7.74. The van der Waals surface area contributed by atoms with Crippen molar-refractivity contribution in [3.63, 3.8) is 0 Å². The first-order valence-corrected chi connectivity index (χ1v) is 5.86. The molecule has 0 aliphatic heterocycles. The quantitative estimate of drug-likeness (QED) is 0.645. The summed E-state index contributed by atoms with van der Waals surface area (Å²) in [5.41, 5.74) is 3.02. The summed E-state index contributed by atoms with van der Waals surface area (Å²) < 4.78 is 1.84. The first kappa shape index (κ1) is 9.47. The first-order valence-electron chi connectivity index (χ1n) is 4.98. The van der Waals surface area contributed by atoms with Gasteiger partial charge in [-0.3, -0.25) is 0 Å². The summed E-state index contributed by atoms with van der Waals surface area (Å²) >= 11 is 1.57. The van der Waals surface area contributed by atoms with E-state index in [9.17, 15) is 0 Å². The third kappa shape index (κ3) is 1.40.